The summed E-state index contributed by atoms with van der Waals surface area (Å²) in [5.41, 5.74) is 2.17. The fourth-order valence-corrected chi connectivity index (χ4v) is 2.41. The van der Waals surface area contributed by atoms with E-state index in [1.807, 2.05) is 25.1 Å². The molecule has 94 valence electrons. The van der Waals surface area contributed by atoms with Crippen molar-refractivity contribution in [3.63, 3.8) is 0 Å². The second kappa shape index (κ2) is 5.51. The third kappa shape index (κ3) is 2.82. The molecule has 18 heavy (non-hydrogen) atoms. The topological polar surface area (TPSA) is 20.2 Å². The molecule has 2 aromatic carbocycles. The maximum absolute atomic E-state index is 13.2. The first-order valence-electron chi connectivity index (χ1n) is 5.38. The lowest BCUT2D eigenvalue weighted by Gasteiger charge is -2.15. The molecule has 0 fully saturated rings. The van der Waals surface area contributed by atoms with E-state index in [4.69, 9.17) is 0 Å². The van der Waals surface area contributed by atoms with Gasteiger partial charge in [-0.2, -0.15) is 0 Å². The molecule has 1 unspecified atom stereocenters. The Hall–Kier alpha value is -0.710. The van der Waals surface area contributed by atoms with Gasteiger partial charge in [0.1, 0.15) is 11.9 Å². The highest BCUT2D eigenvalue weighted by atomic mass is 79.9. The largest absolute Gasteiger partial charge is 0.384 e. The van der Waals surface area contributed by atoms with E-state index in [1.54, 1.807) is 6.07 Å². The summed E-state index contributed by atoms with van der Waals surface area (Å²) in [4.78, 5) is 0. The van der Waals surface area contributed by atoms with Gasteiger partial charge in [-0.05, 0) is 79.7 Å². The monoisotopic (exact) mass is 372 g/mol. The maximum Gasteiger partial charge on any atom is 0.123 e. The van der Waals surface area contributed by atoms with Gasteiger partial charge in [-0.1, -0.05) is 12.1 Å². The molecule has 0 aliphatic carbocycles. The lowest BCUT2D eigenvalue weighted by molar-refractivity contribution is 0.219. The van der Waals surface area contributed by atoms with Gasteiger partial charge in [-0.3, -0.25) is 0 Å². The van der Waals surface area contributed by atoms with Crippen molar-refractivity contribution in [2.45, 2.75) is 13.0 Å². The Bertz CT molecular complexity index is 584. The molecule has 0 saturated carbocycles. The fraction of sp³-hybridized carbons (Fsp3) is 0.143. The van der Waals surface area contributed by atoms with Gasteiger partial charge >= 0.3 is 0 Å². The molecule has 0 aliphatic rings. The van der Waals surface area contributed by atoms with Gasteiger partial charge in [0.05, 0.1) is 0 Å². The van der Waals surface area contributed by atoms with Crippen molar-refractivity contribution in [3.8, 4) is 0 Å². The Morgan fingerprint density at radius 2 is 1.78 bits per heavy atom. The first-order chi connectivity index (χ1) is 8.49. The molecular weight excluding hydrogens is 363 g/mol. The molecule has 2 rings (SSSR count). The lowest BCUT2D eigenvalue weighted by Crippen LogP contribution is -2.02. The van der Waals surface area contributed by atoms with Gasteiger partial charge in [0.25, 0.3) is 0 Å². The molecular formula is C14H11Br2FO. The van der Waals surface area contributed by atoms with Crippen LogP contribution in [0.1, 0.15) is 22.8 Å². The minimum Gasteiger partial charge on any atom is -0.384 e. The van der Waals surface area contributed by atoms with Crippen molar-refractivity contribution in [1.29, 1.82) is 0 Å². The van der Waals surface area contributed by atoms with Crippen molar-refractivity contribution in [2.24, 2.45) is 0 Å². The van der Waals surface area contributed by atoms with Crippen molar-refractivity contribution >= 4 is 31.9 Å². The third-order valence-corrected chi connectivity index (χ3v) is 4.67. The molecule has 0 radical (unpaired) electrons. The van der Waals surface area contributed by atoms with Crippen molar-refractivity contribution in [2.75, 3.05) is 0 Å². The van der Waals surface area contributed by atoms with E-state index in [0.717, 1.165) is 20.1 Å². The van der Waals surface area contributed by atoms with Gasteiger partial charge in [0.2, 0.25) is 0 Å². The lowest BCUT2D eigenvalue weighted by atomic mass is 9.97. The van der Waals surface area contributed by atoms with Crippen LogP contribution < -0.4 is 0 Å². The molecule has 0 amide bonds. The van der Waals surface area contributed by atoms with Crippen LogP contribution in [0.15, 0.2) is 45.3 Å². The molecule has 0 saturated heterocycles. The Kier molecular flexibility index (Phi) is 4.20. The summed E-state index contributed by atoms with van der Waals surface area (Å²) in [5, 5.41) is 10.3. The molecule has 1 N–H and O–H groups in total. The summed E-state index contributed by atoms with van der Waals surface area (Å²) < 4.78 is 15.0. The predicted octanol–water partition coefficient (Wildman–Crippen LogP) is 4.74. The van der Waals surface area contributed by atoms with Crippen LogP contribution in [0.3, 0.4) is 0 Å². The van der Waals surface area contributed by atoms with Crippen LogP contribution in [0.25, 0.3) is 0 Å². The highest BCUT2D eigenvalue weighted by molar-refractivity contribution is 9.13. The minimum absolute atomic E-state index is 0.342. The first kappa shape index (κ1) is 13.7. The SMILES string of the molecule is Cc1ccc(F)cc1C(O)c1ccc(Br)c(Br)c1. The van der Waals surface area contributed by atoms with E-state index < -0.39 is 6.10 Å². The van der Waals surface area contributed by atoms with Crippen molar-refractivity contribution < 1.29 is 9.50 Å². The van der Waals surface area contributed by atoms with E-state index in [9.17, 15) is 9.50 Å². The molecule has 4 heteroatoms. The van der Waals surface area contributed by atoms with Crippen LogP contribution in [-0.4, -0.2) is 5.11 Å². The number of aliphatic hydroxyl groups is 1. The molecule has 0 spiro atoms. The average Bonchev–Trinajstić information content (AvgIpc) is 2.35. The Labute approximate surface area is 122 Å². The second-order valence-electron chi connectivity index (χ2n) is 4.08. The smallest absolute Gasteiger partial charge is 0.123 e. The number of benzene rings is 2. The summed E-state index contributed by atoms with van der Waals surface area (Å²) in [6.07, 6.45) is -0.829. The van der Waals surface area contributed by atoms with E-state index in [-0.39, 0.29) is 5.82 Å². The quantitative estimate of drug-likeness (QED) is 0.805. The Balaban J connectivity index is 2.44. The molecule has 0 aromatic heterocycles. The van der Waals surface area contributed by atoms with Crippen LogP contribution >= 0.6 is 31.9 Å². The summed E-state index contributed by atoms with van der Waals surface area (Å²) in [6, 6.07) is 9.90. The number of hydrogen-bond donors (Lipinski definition) is 1. The number of rotatable bonds is 2. The van der Waals surface area contributed by atoms with Gasteiger partial charge in [0.15, 0.2) is 0 Å². The molecule has 0 aliphatic heterocycles. The number of aliphatic hydroxyl groups excluding tert-OH is 1. The zero-order valence-electron chi connectivity index (χ0n) is 9.62. The van der Waals surface area contributed by atoms with Gasteiger partial charge in [0, 0.05) is 8.95 Å². The van der Waals surface area contributed by atoms with Gasteiger partial charge in [-0.15, -0.1) is 0 Å². The van der Waals surface area contributed by atoms with Crippen molar-refractivity contribution in [1.82, 2.24) is 0 Å². The van der Waals surface area contributed by atoms with Crippen LogP contribution in [-0.2, 0) is 0 Å². The average molecular weight is 374 g/mol. The van der Waals surface area contributed by atoms with Crippen LogP contribution in [0.5, 0.6) is 0 Å². The maximum atomic E-state index is 13.2. The Morgan fingerprint density at radius 3 is 2.44 bits per heavy atom. The molecule has 0 bridgehead atoms. The van der Waals surface area contributed by atoms with E-state index >= 15 is 0 Å². The van der Waals surface area contributed by atoms with E-state index in [2.05, 4.69) is 31.9 Å². The number of aryl methyl sites for hydroxylation is 1. The highest BCUT2D eigenvalue weighted by Crippen LogP contribution is 2.30. The second-order valence-corrected chi connectivity index (χ2v) is 5.79. The fourth-order valence-electron chi connectivity index (χ4n) is 1.77. The standard InChI is InChI=1S/C14H11Br2FO/c1-8-2-4-10(17)7-11(8)14(18)9-3-5-12(15)13(16)6-9/h2-7,14,18H,1H3. The summed E-state index contributed by atoms with van der Waals surface area (Å²) in [6.45, 7) is 1.85. The van der Waals surface area contributed by atoms with E-state index in [1.165, 1.54) is 12.1 Å². The summed E-state index contributed by atoms with van der Waals surface area (Å²) >= 11 is 6.76. The zero-order valence-corrected chi connectivity index (χ0v) is 12.8. The predicted molar refractivity (Wildman–Crippen MR) is 77.0 cm³/mol. The normalized spacial score (nSPS) is 12.5. The van der Waals surface area contributed by atoms with Crippen LogP contribution in [0.4, 0.5) is 4.39 Å². The Morgan fingerprint density at radius 1 is 1.06 bits per heavy atom. The molecule has 1 nitrogen and oxygen atoms in total. The summed E-state index contributed by atoms with van der Waals surface area (Å²) in [7, 11) is 0. The van der Waals surface area contributed by atoms with Crippen LogP contribution in [0.2, 0.25) is 0 Å². The van der Waals surface area contributed by atoms with Gasteiger partial charge in [-0.25, -0.2) is 4.39 Å². The van der Waals surface area contributed by atoms with Gasteiger partial charge < -0.3 is 5.11 Å². The van der Waals surface area contributed by atoms with Crippen molar-refractivity contribution in [3.05, 3.63) is 67.9 Å². The highest BCUT2D eigenvalue weighted by Gasteiger charge is 2.14. The molecule has 1 atom stereocenters. The zero-order chi connectivity index (χ0) is 13.3. The number of halogens is 3. The number of hydrogen-bond acceptors (Lipinski definition) is 1. The molecule has 0 heterocycles. The summed E-state index contributed by atoms with van der Waals surface area (Å²) in [5.74, 6) is -0.342. The third-order valence-electron chi connectivity index (χ3n) is 2.80. The van der Waals surface area contributed by atoms with Crippen LogP contribution in [0, 0.1) is 12.7 Å². The first-order valence-corrected chi connectivity index (χ1v) is 6.96. The van der Waals surface area contributed by atoms with E-state index in [0.29, 0.717) is 5.56 Å². The molecule has 2 aromatic rings. The minimum atomic E-state index is -0.829.